The van der Waals surface area contributed by atoms with Crippen LogP contribution in [0.25, 0.3) is 0 Å². The first-order chi connectivity index (χ1) is 26.5. The Labute approximate surface area is 328 Å². The molecule has 0 saturated heterocycles. The van der Waals surface area contributed by atoms with E-state index in [1.165, 1.54) is 11.3 Å². The molecule has 0 radical (unpaired) electrons. The summed E-state index contributed by atoms with van der Waals surface area (Å²) in [5, 5.41) is 26.8. The lowest BCUT2D eigenvalue weighted by atomic mass is 9.96. The number of benzene rings is 2. The zero-order chi connectivity index (χ0) is 40.2. The van der Waals surface area contributed by atoms with E-state index in [0.29, 0.717) is 35.5 Å². The van der Waals surface area contributed by atoms with Gasteiger partial charge in [-0.3, -0.25) is 24.0 Å². The van der Waals surface area contributed by atoms with E-state index in [1.807, 2.05) is 37.3 Å². The second kappa shape index (κ2) is 23.5. The minimum atomic E-state index is -1.29. The summed E-state index contributed by atoms with van der Waals surface area (Å²) in [7, 11) is 0. The molecule has 0 saturated carbocycles. The first-order valence-electron chi connectivity index (χ1n) is 18.7. The van der Waals surface area contributed by atoms with Gasteiger partial charge in [-0.25, -0.2) is 0 Å². The van der Waals surface area contributed by atoms with Crippen LogP contribution in [-0.4, -0.2) is 90.5 Å². The van der Waals surface area contributed by atoms with Gasteiger partial charge in [0.25, 0.3) is 5.91 Å². The maximum atomic E-state index is 14.0. The quantitative estimate of drug-likeness (QED) is 0.0623. The number of aliphatic hydroxyl groups excluding tert-OH is 1. The van der Waals surface area contributed by atoms with E-state index >= 15 is 0 Å². The van der Waals surface area contributed by atoms with Crippen LogP contribution in [0.1, 0.15) is 75.3 Å². The standard InChI is InChI=1S/C41H54N6O7S/c1-6-23-42-38(50)34(26-48)44-39(51)33(17-13-14-24-47(8-3)9-4)43-40(52)35(28(5)7-2)45-41(53)36(30-22-25-55-27-30)46-37(49)29-18-20-32(21-19-29)54-31-15-11-10-12-16-31/h1,10-12,15-16,18-22,25,27-28,33-36,48H,7-9,13-14,17,23-24,26H2,2-5H3,(H,42,50)(H,43,52)(H,44,51)(H,45,53)(H,46,49)/t28-,33-,34-,35?,36-/m0/s1. The van der Waals surface area contributed by atoms with E-state index in [9.17, 15) is 29.1 Å². The number of para-hydroxylation sites is 1. The van der Waals surface area contributed by atoms with Gasteiger partial charge in [-0.05, 0) is 104 Å². The van der Waals surface area contributed by atoms with Gasteiger partial charge in [-0.1, -0.05) is 58.2 Å². The number of unbranched alkanes of at least 4 members (excludes halogenated alkanes) is 1. The number of thiophene rings is 1. The molecule has 296 valence electrons. The molecular formula is C41H54N6O7S. The fourth-order valence-electron chi connectivity index (χ4n) is 5.67. The van der Waals surface area contributed by atoms with Crippen LogP contribution in [0.2, 0.25) is 0 Å². The molecule has 3 rings (SSSR count). The number of rotatable bonds is 23. The molecule has 14 heteroatoms. The first-order valence-corrected chi connectivity index (χ1v) is 19.6. The topological polar surface area (TPSA) is 178 Å². The zero-order valence-corrected chi connectivity index (χ0v) is 32.8. The van der Waals surface area contributed by atoms with E-state index in [-0.39, 0.29) is 18.9 Å². The van der Waals surface area contributed by atoms with E-state index in [1.54, 1.807) is 48.0 Å². The normalized spacial score (nSPS) is 13.6. The number of terminal acetylenes is 1. The van der Waals surface area contributed by atoms with Crippen molar-refractivity contribution in [2.45, 2.75) is 77.5 Å². The SMILES string of the molecule is C#CCNC(=O)[C@H](CO)NC(=O)[C@H](CCCCN(CC)CC)NC(=O)C(NC(=O)[C@@H](NC(=O)c1ccc(Oc2ccccc2)cc1)c1ccsc1)[C@@H](C)CC. The minimum Gasteiger partial charge on any atom is -0.457 e. The Morgan fingerprint density at radius 3 is 2.09 bits per heavy atom. The molecular weight excluding hydrogens is 721 g/mol. The average molecular weight is 775 g/mol. The van der Waals surface area contributed by atoms with Crippen molar-refractivity contribution in [2.24, 2.45) is 5.92 Å². The Hall–Kier alpha value is -5.23. The molecule has 5 atom stereocenters. The van der Waals surface area contributed by atoms with Crippen LogP contribution >= 0.6 is 11.3 Å². The van der Waals surface area contributed by atoms with Crippen molar-refractivity contribution in [1.82, 2.24) is 31.5 Å². The summed E-state index contributed by atoms with van der Waals surface area (Å²) in [4.78, 5) is 69.8. The molecule has 0 aliphatic heterocycles. The van der Waals surface area contributed by atoms with Crippen molar-refractivity contribution in [1.29, 1.82) is 0 Å². The monoisotopic (exact) mass is 774 g/mol. The zero-order valence-electron chi connectivity index (χ0n) is 32.0. The Morgan fingerprint density at radius 1 is 0.818 bits per heavy atom. The minimum absolute atomic E-state index is 0.0875. The van der Waals surface area contributed by atoms with Crippen molar-refractivity contribution in [3.05, 3.63) is 82.6 Å². The number of ether oxygens (including phenoxy) is 1. The van der Waals surface area contributed by atoms with Gasteiger partial charge in [0.2, 0.25) is 23.6 Å². The molecule has 5 amide bonds. The molecule has 0 spiro atoms. The maximum Gasteiger partial charge on any atom is 0.252 e. The number of carbonyl (C=O) groups excluding carboxylic acids is 5. The van der Waals surface area contributed by atoms with Crippen LogP contribution < -0.4 is 31.3 Å². The molecule has 0 fully saturated rings. The number of hydrogen-bond acceptors (Lipinski definition) is 9. The summed E-state index contributed by atoms with van der Waals surface area (Å²) in [6, 6.07) is 12.9. The molecule has 1 heterocycles. The molecule has 13 nitrogen and oxygen atoms in total. The highest BCUT2D eigenvalue weighted by Crippen LogP contribution is 2.23. The number of hydrogen-bond donors (Lipinski definition) is 6. The van der Waals surface area contributed by atoms with Gasteiger partial charge in [0, 0.05) is 5.56 Å². The number of amides is 5. The lowest BCUT2D eigenvalue weighted by molar-refractivity contribution is -0.135. The highest BCUT2D eigenvalue weighted by molar-refractivity contribution is 7.08. The van der Waals surface area contributed by atoms with Crippen LogP contribution in [0.3, 0.4) is 0 Å². The van der Waals surface area contributed by atoms with Crippen LogP contribution in [0.15, 0.2) is 71.4 Å². The highest BCUT2D eigenvalue weighted by Gasteiger charge is 2.34. The summed E-state index contributed by atoms with van der Waals surface area (Å²) in [5.41, 5.74) is 0.834. The first kappa shape index (κ1) is 44.2. The highest BCUT2D eigenvalue weighted by atomic mass is 32.1. The average Bonchev–Trinajstić information content (AvgIpc) is 3.74. The smallest absolute Gasteiger partial charge is 0.252 e. The van der Waals surface area contributed by atoms with Crippen molar-refractivity contribution < 1.29 is 33.8 Å². The van der Waals surface area contributed by atoms with E-state index < -0.39 is 60.3 Å². The second-order valence-electron chi connectivity index (χ2n) is 13.0. The lowest BCUT2D eigenvalue weighted by Crippen LogP contribution is -2.59. The predicted molar refractivity (Wildman–Crippen MR) is 213 cm³/mol. The van der Waals surface area contributed by atoms with Gasteiger partial charge in [-0.2, -0.15) is 11.3 Å². The molecule has 55 heavy (non-hydrogen) atoms. The molecule has 0 aliphatic rings. The molecule has 3 aromatic rings. The third kappa shape index (κ3) is 14.2. The Balaban J connectivity index is 1.78. The van der Waals surface area contributed by atoms with E-state index in [2.05, 4.69) is 51.3 Å². The number of aliphatic hydroxyl groups is 1. The summed E-state index contributed by atoms with van der Waals surface area (Å²) < 4.78 is 5.83. The fraction of sp³-hybridized carbons (Fsp3) is 0.439. The lowest BCUT2D eigenvalue weighted by Gasteiger charge is -2.29. The van der Waals surface area contributed by atoms with Crippen molar-refractivity contribution in [3.8, 4) is 23.8 Å². The van der Waals surface area contributed by atoms with Gasteiger partial charge < -0.3 is 41.3 Å². The predicted octanol–water partition coefficient (Wildman–Crippen LogP) is 3.77. The van der Waals surface area contributed by atoms with Gasteiger partial charge in [0.1, 0.15) is 35.7 Å². The largest absolute Gasteiger partial charge is 0.457 e. The number of carbonyl (C=O) groups is 5. The third-order valence-electron chi connectivity index (χ3n) is 9.23. The van der Waals surface area contributed by atoms with E-state index in [0.717, 1.165) is 26.1 Å². The summed E-state index contributed by atoms with van der Waals surface area (Å²) in [6.07, 6.45) is 7.32. The molecule has 0 aliphatic carbocycles. The Kier molecular flexibility index (Phi) is 18.9. The molecule has 2 aromatic carbocycles. The van der Waals surface area contributed by atoms with E-state index in [4.69, 9.17) is 11.2 Å². The third-order valence-corrected chi connectivity index (χ3v) is 9.93. The van der Waals surface area contributed by atoms with Gasteiger partial charge in [0.05, 0.1) is 13.2 Å². The maximum absolute atomic E-state index is 14.0. The molecule has 1 unspecified atom stereocenters. The van der Waals surface area contributed by atoms with Crippen LogP contribution in [-0.2, 0) is 19.2 Å². The fourth-order valence-corrected chi connectivity index (χ4v) is 6.36. The summed E-state index contributed by atoms with van der Waals surface area (Å²) in [6.45, 7) is 9.60. The Bertz CT molecular complexity index is 1690. The number of nitrogens with zero attached hydrogens (tertiary/aromatic N) is 1. The van der Waals surface area contributed by atoms with Gasteiger partial charge in [-0.15, -0.1) is 6.42 Å². The molecule has 1 aromatic heterocycles. The van der Waals surface area contributed by atoms with Crippen LogP contribution in [0.5, 0.6) is 11.5 Å². The van der Waals surface area contributed by atoms with Crippen molar-refractivity contribution in [3.63, 3.8) is 0 Å². The number of nitrogens with one attached hydrogen (secondary N) is 5. The molecule has 6 N–H and O–H groups in total. The van der Waals surface area contributed by atoms with Crippen molar-refractivity contribution >= 4 is 40.9 Å². The van der Waals surface area contributed by atoms with Crippen LogP contribution in [0.4, 0.5) is 0 Å². The van der Waals surface area contributed by atoms with Gasteiger partial charge >= 0.3 is 0 Å². The van der Waals surface area contributed by atoms with Crippen molar-refractivity contribution in [2.75, 3.05) is 32.8 Å². The summed E-state index contributed by atoms with van der Waals surface area (Å²) in [5.74, 6) is 0.0390. The molecule has 0 bridgehead atoms. The Morgan fingerprint density at radius 2 is 1.49 bits per heavy atom. The van der Waals surface area contributed by atoms with Gasteiger partial charge in [0.15, 0.2) is 0 Å². The second-order valence-corrected chi connectivity index (χ2v) is 13.8. The van der Waals surface area contributed by atoms with Crippen LogP contribution in [0, 0.1) is 18.3 Å². The summed E-state index contributed by atoms with van der Waals surface area (Å²) >= 11 is 1.35.